The van der Waals surface area contributed by atoms with Gasteiger partial charge in [-0.05, 0) is 6.92 Å². The van der Waals surface area contributed by atoms with Gasteiger partial charge in [0, 0.05) is 6.92 Å². The largest absolute Gasteiger partial charge is 0.492 e. The van der Waals surface area contributed by atoms with Gasteiger partial charge in [0.2, 0.25) is 5.88 Å². The molecule has 0 atom stereocenters. The summed E-state index contributed by atoms with van der Waals surface area (Å²) >= 11 is 0. The van der Waals surface area contributed by atoms with Crippen molar-refractivity contribution in [1.29, 1.82) is 0 Å². The third-order valence-electron chi connectivity index (χ3n) is 1.46. The summed E-state index contributed by atoms with van der Waals surface area (Å²) in [6, 6.07) is 0. The maximum Gasteiger partial charge on any atom is 0.254 e. The molecule has 0 aliphatic heterocycles. The number of rotatable bonds is 0. The van der Waals surface area contributed by atoms with Crippen molar-refractivity contribution >= 4 is 11.2 Å². The highest BCUT2D eigenvalue weighted by Crippen LogP contribution is 2.20. The maximum atomic E-state index is 9.29. The van der Waals surface area contributed by atoms with Crippen molar-refractivity contribution in [3.63, 3.8) is 0 Å². The molecule has 1 N–H and O–H groups in total. The number of hydrogen-bond donors (Lipinski definition) is 1. The lowest BCUT2D eigenvalue weighted by Gasteiger charge is -1.91. The van der Waals surface area contributed by atoms with E-state index in [9.17, 15) is 5.11 Å². The second-order valence-electron chi connectivity index (χ2n) is 2.48. The summed E-state index contributed by atoms with van der Waals surface area (Å²) in [4.78, 5) is 11.6. The zero-order valence-corrected chi connectivity index (χ0v) is 6.70. The molecule has 62 valence electrons. The Kier molecular flexibility index (Phi) is 1.27. The Morgan fingerprint density at radius 1 is 1.17 bits per heavy atom. The monoisotopic (exact) mass is 165 g/mol. The molecule has 12 heavy (non-hydrogen) atoms. The Morgan fingerprint density at radius 2 is 1.92 bits per heavy atom. The van der Waals surface area contributed by atoms with E-state index in [1.807, 2.05) is 0 Å². The fraction of sp³-hybridized carbons (Fsp3) is 0.286. The molecule has 0 radical (unpaired) electrons. The summed E-state index contributed by atoms with van der Waals surface area (Å²) < 4.78 is 5.11. The first-order valence-corrected chi connectivity index (χ1v) is 3.47. The topological polar surface area (TPSA) is 72.0 Å². The highest BCUT2D eigenvalue weighted by Gasteiger charge is 2.09. The van der Waals surface area contributed by atoms with E-state index in [2.05, 4.69) is 15.0 Å². The molecule has 0 bridgehead atoms. The summed E-state index contributed by atoms with van der Waals surface area (Å²) in [5.41, 5.74) is 0.649. The van der Waals surface area contributed by atoms with E-state index >= 15 is 0 Å². The third-order valence-corrected chi connectivity index (χ3v) is 1.46. The van der Waals surface area contributed by atoms with Crippen molar-refractivity contribution in [2.45, 2.75) is 13.8 Å². The highest BCUT2D eigenvalue weighted by atomic mass is 16.4. The molecule has 5 nitrogen and oxygen atoms in total. The lowest BCUT2D eigenvalue weighted by atomic mass is 10.5. The lowest BCUT2D eigenvalue weighted by molar-refractivity contribution is 0.455. The van der Waals surface area contributed by atoms with E-state index in [4.69, 9.17) is 4.42 Å². The minimum atomic E-state index is -0.130. The standard InChI is InChI=1S/C7H7N3O2/c1-3-8-6(11)5-7(9-3)12-4(2)10-5/h1-2H3,(H,8,9,11). The van der Waals surface area contributed by atoms with Crippen molar-refractivity contribution in [1.82, 2.24) is 15.0 Å². The number of oxazole rings is 1. The van der Waals surface area contributed by atoms with Gasteiger partial charge >= 0.3 is 0 Å². The molecular formula is C7H7N3O2. The first-order valence-electron chi connectivity index (χ1n) is 3.47. The van der Waals surface area contributed by atoms with Crippen molar-refractivity contribution in [2.24, 2.45) is 0 Å². The summed E-state index contributed by atoms with van der Waals surface area (Å²) in [5, 5.41) is 9.29. The van der Waals surface area contributed by atoms with Gasteiger partial charge in [-0.2, -0.15) is 9.97 Å². The summed E-state index contributed by atoms with van der Waals surface area (Å²) in [6.45, 7) is 3.37. The second-order valence-corrected chi connectivity index (χ2v) is 2.48. The molecule has 0 unspecified atom stereocenters. The highest BCUT2D eigenvalue weighted by molar-refractivity contribution is 5.73. The number of aromatic hydroxyl groups is 1. The Morgan fingerprint density at radius 3 is 2.67 bits per heavy atom. The predicted molar refractivity (Wildman–Crippen MR) is 40.7 cm³/mol. The molecule has 0 aliphatic carbocycles. The molecule has 0 fully saturated rings. The van der Waals surface area contributed by atoms with Gasteiger partial charge in [-0.1, -0.05) is 0 Å². The molecule has 2 aromatic rings. The van der Waals surface area contributed by atoms with E-state index < -0.39 is 0 Å². The zero-order chi connectivity index (χ0) is 8.72. The van der Waals surface area contributed by atoms with Gasteiger partial charge in [-0.25, -0.2) is 4.98 Å². The van der Waals surface area contributed by atoms with E-state index in [1.54, 1.807) is 13.8 Å². The molecular weight excluding hydrogens is 158 g/mol. The Bertz CT molecular complexity index is 435. The summed E-state index contributed by atoms with van der Waals surface area (Å²) in [7, 11) is 0. The predicted octanol–water partition coefficient (Wildman–Crippen LogP) is 0.940. The minimum absolute atomic E-state index is 0.130. The quantitative estimate of drug-likeness (QED) is 0.628. The van der Waals surface area contributed by atoms with Gasteiger partial charge in [0.1, 0.15) is 5.82 Å². The van der Waals surface area contributed by atoms with Crippen molar-refractivity contribution in [2.75, 3.05) is 0 Å². The van der Waals surface area contributed by atoms with Gasteiger partial charge in [0.05, 0.1) is 0 Å². The van der Waals surface area contributed by atoms with Crippen molar-refractivity contribution < 1.29 is 9.52 Å². The first-order chi connectivity index (χ1) is 5.66. The van der Waals surface area contributed by atoms with E-state index in [1.165, 1.54) is 0 Å². The van der Waals surface area contributed by atoms with Crippen LogP contribution in [0.5, 0.6) is 5.88 Å². The molecule has 2 aromatic heterocycles. The van der Waals surface area contributed by atoms with Crippen LogP contribution < -0.4 is 0 Å². The van der Waals surface area contributed by atoms with Crippen LogP contribution in [0.25, 0.3) is 11.2 Å². The number of aromatic nitrogens is 3. The molecule has 0 spiro atoms. The Balaban J connectivity index is 2.88. The van der Waals surface area contributed by atoms with Crippen LogP contribution in [-0.2, 0) is 0 Å². The zero-order valence-electron chi connectivity index (χ0n) is 6.70. The minimum Gasteiger partial charge on any atom is -0.492 e. The van der Waals surface area contributed by atoms with Crippen LogP contribution in [0.1, 0.15) is 11.7 Å². The lowest BCUT2D eigenvalue weighted by Crippen LogP contribution is -1.87. The number of hydrogen-bond acceptors (Lipinski definition) is 5. The van der Waals surface area contributed by atoms with E-state index in [-0.39, 0.29) is 5.88 Å². The number of aryl methyl sites for hydroxylation is 2. The molecule has 2 heterocycles. The second kappa shape index (κ2) is 2.17. The molecule has 5 heteroatoms. The molecule has 0 saturated carbocycles. The van der Waals surface area contributed by atoms with E-state index in [0.717, 1.165) is 0 Å². The normalized spacial score (nSPS) is 10.8. The smallest absolute Gasteiger partial charge is 0.254 e. The van der Waals surface area contributed by atoms with Gasteiger partial charge in [-0.15, -0.1) is 0 Å². The van der Waals surface area contributed by atoms with Gasteiger partial charge < -0.3 is 9.52 Å². The molecule has 0 amide bonds. The fourth-order valence-corrected chi connectivity index (χ4v) is 1.02. The van der Waals surface area contributed by atoms with Crippen molar-refractivity contribution in [3.8, 4) is 5.88 Å². The molecule has 0 saturated heterocycles. The van der Waals surface area contributed by atoms with Crippen molar-refractivity contribution in [3.05, 3.63) is 11.7 Å². The average Bonchev–Trinajstić information content (AvgIpc) is 2.29. The van der Waals surface area contributed by atoms with Gasteiger partial charge in [0.25, 0.3) is 5.71 Å². The van der Waals surface area contributed by atoms with Gasteiger partial charge in [0.15, 0.2) is 11.4 Å². The number of nitrogens with zero attached hydrogens (tertiary/aromatic N) is 3. The van der Waals surface area contributed by atoms with Crippen LogP contribution in [0.15, 0.2) is 4.42 Å². The third kappa shape index (κ3) is 0.903. The Hall–Kier alpha value is -1.65. The van der Waals surface area contributed by atoms with Gasteiger partial charge in [-0.3, -0.25) is 0 Å². The molecule has 0 aliphatic rings. The fourth-order valence-electron chi connectivity index (χ4n) is 1.02. The Labute approximate surface area is 68.1 Å². The van der Waals surface area contributed by atoms with Crippen LogP contribution in [0.2, 0.25) is 0 Å². The summed E-state index contributed by atoms with van der Waals surface area (Å²) in [6.07, 6.45) is 0. The van der Waals surface area contributed by atoms with Crippen LogP contribution in [0.4, 0.5) is 0 Å². The number of fused-ring (bicyclic) bond motifs is 1. The molecule has 0 aromatic carbocycles. The average molecular weight is 165 g/mol. The van der Waals surface area contributed by atoms with Crippen LogP contribution in [0, 0.1) is 13.8 Å². The SMILES string of the molecule is Cc1nc(O)c2nc(C)oc2n1. The van der Waals surface area contributed by atoms with Crippen LogP contribution in [0.3, 0.4) is 0 Å². The summed E-state index contributed by atoms with van der Waals surface area (Å²) in [5.74, 6) is 0.811. The van der Waals surface area contributed by atoms with Crippen LogP contribution >= 0.6 is 0 Å². The first kappa shape index (κ1) is 7.02. The maximum absolute atomic E-state index is 9.29. The van der Waals surface area contributed by atoms with E-state index in [0.29, 0.717) is 22.9 Å². The molecule has 2 rings (SSSR count). The van der Waals surface area contributed by atoms with Crippen LogP contribution in [-0.4, -0.2) is 20.1 Å².